The molecule has 0 saturated heterocycles. The summed E-state index contributed by atoms with van der Waals surface area (Å²) in [7, 11) is 4.08. The number of nitrogens with zero attached hydrogens (tertiary/aromatic N) is 1. The fourth-order valence-corrected chi connectivity index (χ4v) is 2.74. The van der Waals surface area contributed by atoms with Crippen LogP contribution in [0.25, 0.3) is 0 Å². The fraction of sp³-hybridized carbons (Fsp3) is 0.368. The molecule has 22 heavy (non-hydrogen) atoms. The average molecular weight is 299 g/mol. The van der Waals surface area contributed by atoms with Gasteiger partial charge in [-0.15, -0.1) is 0 Å². The lowest BCUT2D eigenvalue weighted by Crippen LogP contribution is -2.27. The molecule has 0 radical (unpaired) electrons. The quantitative estimate of drug-likeness (QED) is 0.849. The fourth-order valence-electron chi connectivity index (χ4n) is 2.74. The largest absolute Gasteiger partial charge is 0.489 e. The smallest absolute Gasteiger partial charge is 0.119 e. The van der Waals surface area contributed by atoms with Gasteiger partial charge in [0.15, 0.2) is 0 Å². The zero-order valence-corrected chi connectivity index (χ0v) is 13.6. The predicted octanol–water partition coefficient (Wildman–Crippen LogP) is 3.50. The van der Waals surface area contributed by atoms with E-state index in [1.165, 1.54) is 5.56 Å². The summed E-state index contributed by atoms with van der Waals surface area (Å²) in [5, 5.41) is 9.43. The number of benzene rings is 2. The van der Waals surface area contributed by atoms with E-state index in [0.29, 0.717) is 6.61 Å². The van der Waals surface area contributed by atoms with E-state index in [2.05, 4.69) is 36.1 Å². The molecule has 2 aromatic carbocycles. The minimum atomic E-state index is 0.176. The molecular weight excluding hydrogens is 274 g/mol. The van der Waals surface area contributed by atoms with Crippen LogP contribution in [0.5, 0.6) is 5.75 Å². The highest BCUT2D eigenvalue weighted by molar-refractivity contribution is 5.30. The van der Waals surface area contributed by atoms with Gasteiger partial charge >= 0.3 is 0 Å². The molecule has 2 rings (SSSR count). The van der Waals surface area contributed by atoms with Crippen molar-refractivity contribution in [1.82, 2.24) is 4.90 Å². The van der Waals surface area contributed by atoms with Crippen LogP contribution < -0.4 is 4.74 Å². The van der Waals surface area contributed by atoms with E-state index >= 15 is 0 Å². The molecule has 0 fully saturated rings. The van der Waals surface area contributed by atoms with E-state index in [1.807, 2.05) is 44.4 Å². The third-order valence-corrected chi connectivity index (χ3v) is 3.85. The summed E-state index contributed by atoms with van der Waals surface area (Å²) in [4.78, 5) is 2.14. The summed E-state index contributed by atoms with van der Waals surface area (Å²) in [6.45, 7) is 2.81. The predicted molar refractivity (Wildman–Crippen MR) is 89.9 cm³/mol. The van der Waals surface area contributed by atoms with Crippen molar-refractivity contribution in [1.29, 1.82) is 0 Å². The Bertz CT molecular complexity index is 551. The summed E-state index contributed by atoms with van der Waals surface area (Å²) in [6, 6.07) is 18.5. The first-order valence-corrected chi connectivity index (χ1v) is 7.65. The minimum Gasteiger partial charge on any atom is -0.489 e. The molecule has 3 nitrogen and oxygen atoms in total. The molecule has 0 heterocycles. The highest BCUT2D eigenvalue weighted by Crippen LogP contribution is 2.28. The van der Waals surface area contributed by atoms with E-state index in [4.69, 9.17) is 4.74 Å². The second-order valence-corrected chi connectivity index (χ2v) is 5.91. The summed E-state index contributed by atoms with van der Waals surface area (Å²) < 4.78 is 5.81. The molecule has 0 amide bonds. The van der Waals surface area contributed by atoms with E-state index in [0.717, 1.165) is 11.3 Å². The summed E-state index contributed by atoms with van der Waals surface area (Å²) >= 11 is 0. The van der Waals surface area contributed by atoms with Crippen LogP contribution in [0.15, 0.2) is 54.6 Å². The Hall–Kier alpha value is -1.84. The van der Waals surface area contributed by atoms with Crippen LogP contribution >= 0.6 is 0 Å². The van der Waals surface area contributed by atoms with Crippen LogP contribution in [-0.2, 0) is 6.61 Å². The third kappa shape index (κ3) is 4.33. The molecule has 0 spiro atoms. The lowest BCUT2D eigenvalue weighted by atomic mass is 9.94. The number of aliphatic hydroxyl groups is 1. The maximum Gasteiger partial charge on any atom is 0.119 e. The Morgan fingerprint density at radius 3 is 2.18 bits per heavy atom. The molecule has 0 aliphatic rings. The van der Waals surface area contributed by atoms with Crippen molar-refractivity contribution >= 4 is 0 Å². The standard InChI is InChI=1S/C19H25NO2/c1-15(13-21)19(20(2)3)17-9-11-18(12-10-17)22-14-16-7-5-4-6-8-16/h4-12,15,19,21H,13-14H2,1-3H3. The zero-order valence-electron chi connectivity index (χ0n) is 13.6. The van der Waals surface area contributed by atoms with Crippen LogP contribution in [0.3, 0.4) is 0 Å². The molecule has 2 atom stereocenters. The molecule has 2 aromatic rings. The van der Waals surface area contributed by atoms with Gasteiger partial charge < -0.3 is 14.7 Å². The third-order valence-electron chi connectivity index (χ3n) is 3.85. The van der Waals surface area contributed by atoms with Gasteiger partial charge in [0, 0.05) is 12.6 Å². The van der Waals surface area contributed by atoms with Crippen LogP contribution in [0.4, 0.5) is 0 Å². The number of hydrogen-bond donors (Lipinski definition) is 1. The Morgan fingerprint density at radius 2 is 1.64 bits per heavy atom. The highest BCUT2D eigenvalue weighted by atomic mass is 16.5. The Morgan fingerprint density at radius 1 is 1.00 bits per heavy atom. The number of aliphatic hydroxyl groups excluding tert-OH is 1. The Balaban J connectivity index is 2.03. The van der Waals surface area contributed by atoms with E-state index in [-0.39, 0.29) is 18.6 Å². The van der Waals surface area contributed by atoms with Gasteiger partial charge in [0.25, 0.3) is 0 Å². The first-order chi connectivity index (χ1) is 10.6. The molecule has 1 N–H and O–H groups in total. The van der Waals surface area contributed by atoms with E-state index in [9.17, 15) is 5.11 Å². The normalized spacial score (nSPS) is 13.9. The van der Waals surface area contributed by atoms with E-state index < -0.39 is 0 Å². The van der Waals surface area contributed by atoms with Gasteiger partial charge in [0.1, 0.15) is 12.4 Å². The second-order valence-electron chi connectivity index (χ2n) is 5.91. The van der Waals surface area contributed by atoms with Gasteiger partial charge in [0.05, 0.1) is 0 Å². The minimum absolute atomic E-state index is 0.176. The van der Waals surface area contributed by atoms with Crippen molar-refractivity contribution in [2.75, 3.05) is 20.7 Å². The molecule has 0 bridgehead atoms. The van der Waals surface area contributed by atoms with Crippen LogP contribution in [0.1, 0.15) is 24.1 Å². The molecule has 3 heteroatoms. The zero-order chi connectivity index (χ0) is 15.9. The molecule has 0 aromatic heterocycles. The average Bonchev–Trinajstić information content (AvgIpc) is 2.54. The number of rotatable bonds is 7. The lowest BCUT2D eigenvalue weighted by molar-refractivity contribution is 0.145. The summed E-state index contributed by atoms with van der Waals surface area (Å²) in [5.41, 5.74) is 2.35. The van der Waals surface area contributed by atoms with Crippen molar-refractivity contribution in [3.05, 3.63) is 65.7 Å². The van der Waals surface area contributed by atoms with Gasteiger partial charge in [-0.1, -0.05) is 49.4 Å². The van der Waals surface area contributed by atoms with Crippen LogP contribution in [0, 0.1) is 5.92 Å². The second kappa shape index (κ2) is 7.97. The van der Waals surface area contributed by atoms with Crippen molar-refractivity contribution in [2.24, 2.45) is 5.92 Å². The van der Waals surface area contributed by atoms with Gasteiger partial charge in [-0.3, -0.25) is 0 Å². The molecule has 0 aliphatic carbocycles. The molecule has 0 aliphatic heterocycles. The van der Waals surface area contributed by atoms with E-state index in [1.54, 1.807) is 0 Å². The van der Waals surface area contributed by atoms with Gasteiger partial charge in [-0.25, -0.2) is 0 Å². The summed E-state index contributed by atoms with van der Waals surface area (Å²) in [5.74, 6) is 1.05. The van der Waals surface area contributed by atoms with Gasteiger partial charge in [-0.05, 0) is 43.3 Å². The maximum atomic E-state index is 9.43. The van der Waals surface area contributed by atoms with Gasteiger partial charge in [0.2, 0.25) is 0 Å². The number of hydrogen-bond acceptors (Lipinski definition) is 3. The van der Waals surface area contributed by atoms with Crippen molar-refractivity contribution < 1.29 is 9.84 Å². The molecular formula is C19H25NO2. The first-order valence-electron chi connectivity index (χ1n) is 7.65. The van der Waals surface area contributed by atoms with Crippen molar-refractivity contribution in [3.8, 4) is 5.75 Å². The van der Waals surface area contributed by atoms with Crippen LogP contribution in [0.2, 0.25) is 0 Å². The summed E-state index contributed by atoms with van der Waals surface area (Å²) in [6.07, 6.45) is 0. The Labute approximate surface area is 133 Å². The molecule has 0 saturated carbocycles. The highest BCUT2D eigenvalue weighted by Gasteiger charge is 2.20. The van der Waals surface area contributed by atoms with Crippen LogP contribution in [-0.4, -0.2) is 30.7 Å². The lowest BCUT2D eigenvalue weighted by Gasteiger charge is -2.29. The SMILES string of the molecule is CC(CO)C(c1ccc(OCc2ccccc2)cc1)N(C)C. The van der Waals surface area contributed by atoms with Gasteiger partial charge in [-0.2, -0.15) is 0 Å². The van der Waals surface area contributed by atoms with Crippen molar-refractivity contribution in [3.63, 3.8) is 0 Å². The first kappa shape index (κ1) is 16.5. The monoisotopic (exact) mass is 299 g/mol. The van der Waals surface area contributed by atoms with Crippen molar-refractivity contribution in [2.45, 2.75) is 19.6 Å². The molecule has 2 unspecified atom stereocenters. The Kier molecular flexibility index (Phi) is 5.99. The maximum absolute atomic E-state index is 9.43. The molecule has 118 valence electrons. The topological polar surface area (TPSA) is 32.7 Å². The number of ether oxygens (including phenoxy) is 1.